The van der Waals surface area contributed by atoms with E-state index in [1.807, 2.05) is 0 Å². The number of hydrogen-bond donors (Lipinski definition) is 0. The molecule has 0 fully saturated rings. The molecule has 2 aromatic carbocycles. The molecule has 0 spiro atoms. The van der Waals surface area contributed by atoms with Crippen molar-refractivity contribution in [2.75, 3.05) is 0 Å². The molecule has 0 unspecified atom stereocenters. The van der Waals surface area contributed by atoms with Gasteiger partial charge in [0.15, 0.2) is 0 Å². The number of benzene rings is 2. The highest BCUT2D eigenvalue weighted by molar-refractivity contribution is 7.21. The second-order valence-electron chi connectivity index (χ2n) is 4.38. The average molecular weight is 257 g/mol. The van der Waals surface area contributed by atoms with Gasteiger partial charge in [0.25, 0.3) is 0 Å². The van der Waals surface area contributed by atoms with Crippen molar-refractivity contribution in [3.8, 4) is 10.6 Å². The zero-order chi connectivity index (χ0) is 12.7. The van der Waals surface area contributed by atoms with Gasteiger partial charge in [0.2, 0.25) is 0 Å². The molecule has 0 aliphatic rings. The van der Waals surface area contributed by atoms with Crippen LogP contribution in [0.5, 0.6) is 0 Å². The Bertz CT molecular complexity index is 713. The van der Waals surface area contributed by atoms with E-state index in [4.69, 9.17) is 0 Å². The lowest BCUT2D eigenvalue weighted by Crippen LogP contribution is -1.82. The Morgan fingerprint density at radius 3 is 2.44 bits per heavy atom. The number of thiazole rings is 1. The number of rotatable bonds is 1. The number of aromatic nitrogens is 1. The Kier molecular flexibility index (Phi) is 2.63. The van der Waals surface area contributed by atoms with Crippen molar-refractivity contribution < 1.29 is 4.39 Å². The molecule has 18 heavy (non-hydrogen) atoms. The molecule has 3 aromatic rings. The summed E-state index contributed by atoms with van der Waals surface area (Å²) < 4.78 is 14.1. The second kappa shape index (κ2) is 4.18. The van der Waals surface area contributed by atoms with Crippen LogP contribution in [0.1, 0.15) is 11.1 Å². The first-order valence-electron chi connectivity index (χ1n) is 5.78. The van der Waals surface area contributed by atoms with Gasteiger partial charge >= 0.3 is 0 Å². The van der Waals surface area contributed by atoms with E-state index in [1.165, 1.54) is 28.0 Å². The molecule has 0 saturated heterocycles. The Hall–Kier alpha value is -1.74. The van der Waals surface area contributed by atoms with Crippen LogP contribution >= 0.6 is 11.3 Å². The van der Waals surface area contributed by atoms with Gasteiger partial charge in [-0.1, -0.05) is 6.07 Å². The molecule has 1 heterocycles. The summed E-state index contributed by atoms with van der Waals surface area (Å²) in [6.45, 7) is 4.18. The molecular formula is C15H12FNS. The smallest absolute Gasteiger partial charge is 0.124 e. The van der Waals surface area contributed by atoms with Crippen molar-refractivity contribution in [1.29, 1.82) is 0 Å². The van der Waals surface area contributed by atoms with Crippen molar-refractivity contribution in [3.05, 3.63) is 53.3 Å². The van der Waals surface area contributed by atoms with Gasteiger partial charge in [0.1, 0.15) is 10.8 Å². The third-order valence-electron chi connectivity index (χ3n) is 3.18. The van der Waals surface area contributed by atoms with Gasteiger partial charge in [-0.05, 0) is 55.3 Å². The summed E-state index contributed by atoms with van der Waals surface area (Å²) in [5.41, 5.74) is 4.49. The maximum Gasteiger partial charge on any atom is 0.124 e. The van der Waals surface area contributed by atoms with Gasteiger partial charge < -0.3 is 0 Å². The summed E-state index contributed by atoms with van der Waals surface area (Å²) in [6.07, 6.45) is 0. The summed E-state index contributed by atoms with van der Waals surface area (Å²) in [6, 6.07) is 10.7. The monoisotopic (exact) mass is 257 g/mol. The summed E-state index contributed by atoms with van der Waals surface area (Å²) in [5.74, 6) is -0.216. The Morgan fingerprint density at radius 1 is 1.00 bits per heavy atom. The molecule has 0 N–H and O–H groups in total. The van der Waals surface area contributed by atoms with Crippen LogP contribution in [0.3, 0.4) is 0 Å². The van der Waals surface area contributed by atoms with Crippen LogP contribution in [-0.2, 0) is 0 Å². The third-order valence-corrected chi connectivity index (χ3v) is 4.25. The number of hydrogen-bond acceptors (Lipinski definition) is 2. The fourth-order valence-electron chi connectivity index (χ4n) is 1.94. The maximum absolute atomic E-state index is 12.9. The zero-order valence-corrected chi connectivity index (χ0v) is 11.0. The van der Waals surface area contributed by atoms with Crippen molar-refractivity contribution in [3.63, 3.8) is 0 Å². The Labute approximate surface area is 109 Å². The van der Waals surface area contributed by atoms with Gasteiger partial charge in [-0.2, -0.15) is 0 Å². The fraction of sp³-hybridized carbons (Fsp3) is 0.133. The molecule has 0 saturated carbocycles. The SMILES string of the molecule is Cc1ccc2sc(-c3ccc(F)cc3)nc2c1C. The van der Waals surface area contributed by atoms with Gasteiger partial charge in [0.05, 0.1) is 10.2 Å². The number of fused-ring (bicyclic) bond motifs is 1. The van der Waals surface area contributed by atoms with Crippen LogP contribution in [0, 0.1) is 19.7 Å². The standard InChI is InChI=1S/C15H12FNS/c1-9-3-8-13-14(10(9)2)17-15(18-13)11-4-6-12(16)7-5-11/h3-8H,1-2H3. The molecule has 90 valence electrons. The lowest BCUT2D eigenvalue weighted by Gasteiger charge is -1.98. The summed E-state index contributed by atoms with van der Waals surface area (Å²) in [7, 11) is 0. The normalized spacial score (nSPS) is 11.1. The van der Waals surface area contributed by atoms with Gasteiger partial charge in [-0.3, -0.25) is 0 Å². The molecule has 0 radical (unpaired) electrons. The molecule has 0 amide bonds. The van der Waals surface area contributed by atoms with E-state index < -0.39 is 0 Å². The first-order valence-corrected chi connectivity index (χ1v) is 6.59. The lowest BCUT2D eigenvalue weighted by molar-refractivity contribution is 0.628. The highest BCUT2D eigenvalue weighted by Crippen LogP contribution is 2.32. The predicted octanol–water partition coefficient (Wildman–Crippen LogP) is 4.72. The number of nitrogens with zero attached hydrogens (tertiary/aromatic N) is 1. The van der Waals surface area contributed by atoms with E-state index in [0.29, 0.717) is 0 Å². The molecule has 0 aliphatic heterocycles. The number of aryl methyl sites for hydroxylation is 2. The van der Waals surface area contributed by atoms with E-state index in [0.717, 1.165) is 16.1 Å². The predicted molar refractivity (Wildman–Crippen MR) is 74.5 cm³/mol. The zero-order valence-electron chi connectivity index (χ0n) is 10.2. The van der Waals surface area contributed by atoms with E-state index >= 15 is 0 Å². The van der Waals surface area contributed by atoms with Crippen LogP contribution < -0.4 is 0 Å². The largest absolute Gasteiger partial charge is 0.236 e. The molecule has 3 heteroatoms. The molecule has 1 aromatic heterocycles. The minimum Gasteiger partial charge on any atom is -0.236 e. The highest BCUT2D eigenvalue weighted by Gasteiger charge is 2.09. The Morgan fingerprint density at radius 2 is 1.72 bits per heavy atom. The minimum atomic E-state index is -0.216. The van der Waals surface area contributed by atoms with Crippen molar-refractivity contribution in [1.82, 2.24) is 4.98 Å². The van der Waals surface area contributed by atoms with Crippen LogP contribution in [-0.4, -0.2) is 4.98 Å². The van der Waals surface area contributed by atoms with E-state index in [1.54, 1.807) is 23.5 Å². The lowest BCUT2D eigenvalue weighted by atomic mass is 10.1. The minimum absolute atomic E-state index is 0.216. The molecule has 1 nitrogen and oxygen atoms in total. The van der Waals surface area contributed by atoms with E-state index in [-0.39, 0.29) is 5.82 Å². The van der Waals surface area contributed by atoms with Crippen LogP contribution in [0.25, 0.3) is 20.8 Å². The topological polar surface area (TPSA) is 12.9 Å². The maximum atomic E-state index is 12.9. The van der Waals surface area contributed by atoms with Crippen molar-refractivity contribution in [2.45, 2.75) is 13.8 Å². The molecule has 0 aliphatic carbocycles. The fourth-order valence-corrected chi connectivity index (χ4v) is 2.97. The molecule has 3 rings (SSSR count). The van der Waals surface area contributed by atoms with Crippen molar-refractivity contribution in [2.24, 2.45) is 0 Å². The van der Waals surface area contributed by atoms with Crippen molar-refractivity contribution >= 4 is 21.6 Å². The summed E-state index contributed by atoms with van der Waals surface area (Å²) >= 11 is 1.65. The van der Waals surface area contributed by atoms with Crippen LogP contribution in [0.4, 0.5) is 4.39 Å². The van der Waals surface area contributed by atoms with Gasteiger partial charge in [-0.15, -0.1) is 11.3 Å². The molecular weight excluding hydrogens is 245 g/mol. The molecule has 0 atom stereocenters. The quantitative estimate of drug-likeness (QED) is 0.614. The first-order chi connectivity index (χ1) is 8.65. The van der Waals surface area contributed by atoms with Crippen LogP contribution in [0.2, 0.25) is 0 Å². The van der Waals surface area contributed by atoms with Gasteiger partial charge in [-0.25, -0.2) is 9.37 Å². The van der Waals surface area contributed by atoms with E-state index in [9.17, 15) is 4.39 Å². The Balaban J connectivity index is 2.19. The second-order valence-corrected chi connectivity index (χ2v) is 5.41. The summed E-state index contributed by atoms with van der Waals surface area (Å²) in [5, 5.41) is 0.943. The molecule has 0 bridgehead atoms. The number of halogens is 1. The van der Waals surface area contributed by atoms with Gasteiger partial charge in [0, 0.05) is 5.56 Å². The van der Waals surface area contributed by atoms with Crippen LogP contribution in [0.15, 0.2) is 36.4 Å². The third kappa shape index (κ3) is 1.81. The first kappa shape index (κ1) is 11.4. The highest BCUT2D eigenvalue weighted by atomic mass is 32.1. The van der Waals surface area contributed by atoms with E-state index in [2.05, 4.69) is 31.0 Å². The summed E-state index contributed by atoms with van der Waals surface area (Å²) in [4.78, 5) is 4.67. The average Bonchev–Trinajstić information content (AvgIpc) is 2.80.